The first-order valence-corrected chi connectivity index (χ1v) is 17.8. The summed E-state index contributed by atoms with van der Waals surface area (Å²) in [6.07, 6.45) is 7.03. The molecule has 4 heterocycles. The number of methoxy groups -OCH3 is 1. The topological polar surface area (TPSA) is 92.2 Å². The van der Waals surface area contributed by atoms with Crippen molar-refractivity contribution in [3.63, 3.8) is 0 Å². The summed E-state index contributed by atoms with van der Waals surface area (Å²) in [5.41, 5.74) is 6.04. The number of aromatic hydroxyl groups is 1. The molecule has 0 spiro atoms. The van der Waals surface area contributed by atoms with Gasteiger partial charge in [-0.3, -0.25) is 24.4 Å². The fraction of sp³-hybridized carbons (Fsp3) is 0.410. The van der Waals surface area contributed by atoms with E-state index in [-0.39, 0.29) is 47.5 Å². The Labute approximate surface area is 290 Å². The van der Waals surface area contributed by atoms with Gasteiger partial charge in [-0.15, -0.1) is 0 Å². The molecule has 2 aromatic carbocycles. The first-order chi connectivity index (χ1) is 23.4. The zero-order chi connectivity index (χ0) is 33.2. The normalized spacial score (nSPS) is 25.1. The quantitative estimate of drug-likeness (QED) is 0.190. The molecule has 0 bridgehead atoms. The largest absolute Gasteiger partial charge is 0.507 e. The maximum Gasteiger partial charge on any atom is 0.234 e. The van der Waals surface area contributed by atoms with Gasteiger partial charge in [-0.1, -0.05) is 52.3 Å². The highest BCUT2D eigenvalue weighted by molar-refractivity contribution is 9.10. The summed E-state index contributed by atoms with van der Waals surface area (Å²) in [6, 6.07) is 21.6. The Morgan fingerprint density at radius 2 is 1.83 bits per heavy atom. The lowest BCUT2D eigenvalue weighted by atomic mass is 9.69. The number of fused-ring (bicyclic) bond motifs is 3. The van der Waals surface area contributed by atoms with Gasteiger partial charge in [0.25, 0.3) is 0 Å². The molecule has 9 heteroatoms. The van der Waals surface area contributed by atoms with Crippen LogP contribution in [0.5, 0.6) is 5.75 Å². The minimum atomic E-state index is -0.384. The Bertz CT molecular complexity index is 1700. The predicted molar refractivity (Wildman–Crippen MR) is 187 cm³/mol. The molecule has 3 fully saturated rings. The van der Waals surface area contributed by atoms with Gasteiger partial charge in [-0.05, 0) is 90.8 Å². The number of likely N-dealkylation sites (tertiary alicyclic amines) is 2. The van der Waals surface area contributed by atoms with Gasteiger partial charge >= 0.3 is 0 Å². The Balaban J connectivity index is 1.08. The highest BCUT2D eigenvalue weighted by atomic mass is 79.9. The van der Waals surface area contributed by atoms with Gasteiger partial charge < -0.3 is 14.6 Å². The summed E-state index contributed by atoms with van der Waals surface area (Å²) in [5, 5.41) is 10.6. The predicted octanol–water partition coefficient (Wildman–Crippen LogP) is 6.50. The summed E-state index contributed by atoms with van der Waals surface area (Å²) >= 11 is 3.52. The SMILES string of the molecule is COCC1=C2[C@@H](CC/C(=C/c3cc(Br)ccc3O)c3ccccn3)OC[C@@H]2[C@@H]2C(=O)N(C3CCN(Cc4ccccc4)CC3)C(=O)[C@@H]2C1. The highest BCUT2D eigenvalue weighted by Gasteiger charge is 2.58. The number of ether oxygens (including phenoxy) is 2. The van der Waals surface area contributed by atoms with Crippen molar-refractivity contribution >= 4 is 39.4 Å². The van der Waals surface area contributed by atoms with E-state index in [9.17, 15) is 14.7 Å². The molecule has 3 saturated heterocycles. The molecule has 7 rings (SSSR count). The number of phenols is 1. The van der Waals surface area contributed by atoms with Crippen LogP contribution in [0.3, 0.4) is 0 Å². The number of piperidine rings is 1. The lowest BCUT2D eigenvalue weighted by Gasteiger charge is -2.36. The van der Waals surface area contributed by atoms with Crippen LogP contribution in [0.15, 0.2) is 88.5 Å². The molecule has 1 N–H and O–H groups in total. The van der Waals surface area contributed by atoms with Crippen molar-refractivity contribution in [3.05, 3.63) is 105 Å². The molecule has 4 atom stereocenters. The smallest absolute Gasteiger partial charge is 0.234 e. The van der Waals surface area contributed by atoms with Gasteiger partial charge in [0, 0.05) is 54.9 Å². The van der Waals surface area contributed by atoms with Crippen LogP contribution in [0.4, 0.5) is 0 Å². The van der Waals surface area contributed by atoms with Crippen molar-refractivity contribution in [2.24, 2.45) is 17.8 Å². The molecule has 48 heavy (non-hydrogen) atoms. The third-order valence-electron chi connectivity index (χ3n) is 10.5. The molecule has 0 saturated carbocycles. The van der Waals surface area contributed by atoms with Crippen LogP contribution >= 0.6 is 15.9 Å². The Kier molecular flexibility index (Phi) is 9.91. The number of carbonyl (C=O) groups excluding carboxylic acids is 2. The number of carbonyl (C=O) groups is 2. The van der Waals surface area contributed by atoms with E-state index in [1.165, 1.54) is 5.56 Å². The number of hydrogen-bond acceptors (Lipinski definition) is 7. The number of halogens is 1. The van der Waals surface area contributed by atoms with Gasteiger partial charge in [0.05, 0.1) is 36.8 Å². The molecule has 1 aromatic heterocycles. The van der Waals surface area contributed by atoms with E-state index in [0.29, 0.717) is 38.0 Å². The molecular formula is C39H42BrN3O5. The van der Waals surface area contributed by atoms with Gasteiger partial charge in [0.2, 0.25) is 11.8 Å². The number of allylic oxidation sites excluding steroid dienone is 1. The molecule has 0 radical (unpaired) electrons. The standard InChI is InChI=1S/C39H42BrN3O5/c1-47-23-28-21-31-37(39(46)43(38(31)45)30-14-17-42(18-15-30)22-25-7-3-2-4-8-25)32-24-48-35(36(28)32)13-10-26(33-9-5-6-16-41-33)19-27-20-29(40)11-12-34(27)44/h2-9,11-12,16,19-20,30-32,35,37,44H,10,13-15,17-18,21-24H2,1H3/b26-19-/t31-,32+,35-,37-/m1/s1. The fourth-order valence-corrected chi connectivity index (χ4v) is 8.66. The number of imide groups is 1. The zero-order valence-corrected chi connectivity index (χ0v) is 28.8. The number of hydrogen-bond donors (Lipinski definition) is 1. The Hall–Kier alpha value is -3.63. The number of phenolic OH excluding ortho intramolecular Hbond substituents is 1. The van der Waals surface area contributed by atoms with E-state index in [4.69, 9.17) is 9.47 Å². The van der Waals surface area contributed by atoms with Crippen molar-refractivity contribution in [2.75, 3.05) is 33.4 Å². The van der Waals surface area contributed by atoms with Gasteiger partial charge in [-0.2, -0.15) is 0 Å². The number of aromatic nitrogens is 1. The number of benzene rings is 2. The average Bonchev–Trinajstić information content (AvgIpc) is 3.64. The second kappa shape index (κ2) is 14.5. The zero-order valence-electron chi connectivity index (χ0n) is 27.3. The number of rotatable bonds is 10. The average molecular weight is 713 g/mol. The van der Waals surface area contributed by atoms with Crippen molar-refractivity contribution in [1.29, 1.82) is 0 Å². The Morgan fingerprint density at radius 1 is 1.04 bits per heavy atom. The summed E-state index contributed by atoms with van der Waals surface area (Å²) in [6.45, 7) is 3.46. The monoisotopic (exact) mass is 711 g/mol. The molecule has 250 valence electrons. The van der Waals surface area contributed by atoms with E-state index in [0.717, 1.165) is 59.4 Å². The van der Waals surface area contributed by atoms with Crippen molar-refractivity contribution in [3.8, 4) is 5.75 Å². The van der Waals surface area contributed by atoms with Crippen LogP contribution in [0.25, 0.3) is 11.6 Å². The highest BCUT2D eigenvalue weighted by Crippen LogP contribution is 2.51. The summed E-state index contributed by atoms with van der Waals surface area (Å²) in [7, 11) is 1.68. The second-order valence-electron chi connectivity index (χ2n) is 13.4. The molecule has 3 aliphatic heterocycles. The third kappa shape index (κ3) is 6.66. The minimum Gasteiger partial charge on any atom is -0.507 e. The molecule has 1 aliphatic carbocycles. The summed E-state index contributed by atoms with van der Waals surface area (Å²) in [4.78, 5) is 36.8. The third-order valence-corrected chi connectivity index (χ3v) is 11.0. The lowest BCUT2D eigenvalue weighted by molar-refractivity contribution is -0.144. The molecule has 8 nitrogen and oxygen atoms in total. The second-order valence-corrected chi connectivity index (χ2v) is 14.3. The number of amides is 2. The first kappa shape index (κ1) is 32.9. The summed E-state index contributed by atoms with van der Waals surface area (Å²) in [5.74, 6) is -0.710. The van der Waals surface area contributed by atoms with Crippen LogP contribution in [0, 0.1) is 17.8 Å². The van der Waals surface area contributed by atoms with Crippen molar-refractivity contribution in [1.82, 2.24) is 14.8 Å². The number of pyridine rings is 1. The van der Waals surface area contributed by atoms with E-state index in [2.05, 4.69) is 50.1 Å². The van der Waals surface area contributed by atoms with Crippen molar-refractivity contribution < 1.29 is 24.2 Å². The van der Waals surface area contributed by atoms with E-state index < -0.39 is 0 Å². The molecule has 2 amide bonds. The van der Waals surface area contributed by atoms with Gasteiger partial charge in [0.15, 0.2) is 0 Å². The van der Waals surface area contributed by atoms with Crippen LogP contribution in [0.2, 0.25) is 0 Å². The van der Waals surface area contributed by atoms with Crippen LogP contribution in [-0.2, 0) is 25.6 Å². The Morgan fingerprint density at radius 3 is 2.58 bits per heavy atom. The van der Waals surface area contributed by atoms with Crippen LogP contribution < -0.4 is 0 Å². The maximum absolute atomic E-state index is 14.2. The van der Waals surface area contributed by atoms with Crippen molar-refractivity contribution in [2.45, 2.75) is 50.8 Å². The maximum atomic E-state index is 14.2. The molecule has 4 aliphatic rings. The van der Waals surface area contributed by atoms with E-state index >= 15 is 0 Å². The van der Waals surface area contributed by atoms with Crippen LogP contribution in [0.1, 0.15) is 48.9 Å². The van der Waals surface area contributed by atoms with Crippen LogP contribution in [-0.4, -0.2) is 77.3 Å². The molecular weight excluding hydrogens is 670 g/mol. The van der Waals surface area contributed by atoms with Gasteiger partial charge in [-0.25, -0.2) is 0 Å². The molecule has 3 aromatic rings. The minimum absolute atomic E-state index is 0.0168. The fourth-order valence-electron chi connectivity index (χ4n) is 8.28. The molecule has 0 unspecified atom stereocenters. The lowest BCUT2D eigenvalue weighted by Crippen LogP contribution is -2.47. The van der Waals surface area contributed by atoms with E-state index in [1.807, 2.05) is 42.5 Å². The first-order valence-electron chi connectivity index (χ1n) is 17.0. The van der Waals surface area contributed by atoms with E-state index in [1.54, 1.807) is 24.3 Å². The van der Waals surface area contributed by atoms with Gasteiger partial charge in [0.1, 0.15) is 5.75 Å². The summed E-state index contributed by atoms with van der Waals surface area (Å²) < 4.78 is 13.0. The number of nitrogens with zero attached hydrogens (tertiary/aromatic N) is 3.